The fourth-order valence-electron chi connectivity index (χ4n) is 2.66. The number of fused-ring (bicyclic) bond motifs is 1. The molecule has 0 atom stereocenters. The van der Waals surface area contributed by atoms with Gasteiger partial charge in [-0.1, -0.05) is 39.5 Å². The molecule has 28 heavy (non-hydrogen) atoms. The summed E-state index contributed by atoms with van der Waals surface area (Å²) < 4.78 is 0. The van der Waals surface area contributed by atoms with Crippen LogP contribution in [0, 0.1) is 13.8 Å². The third-order valence-electron chi connectivity index (χ3n) is 4.37. The molecule has 3 rings (SSSR count). The second-order valence-corrected chi connectivity index (χ2v) is 10.8. The molecule has 3 aromatic heterocycles. The zero-order valence-corrected chi connectivity index (χ0v) is 19.6. The molecule has 1 N–H and O–H groups in total. The van der Waals surface area contributed by atoms with Gasteiger partial charge in [0.2, 0.25) is 5.91 Å². The molecule has 0 aromatic carbocycles. The van der Waals surface area contributed by atoms with Crippen molar-refractivity contribution in [1.82, 2.24) is 15.0 Å². The first kappa shape index (κ1) is 21.2. The van der Waals surface area contributed by atoms with Crippen LogP contribution < -0.4 is 5.32 Å². The van der Waals surface area contributed by atoms with Crippen molar-refractivity contribution in [3.63, 3.8) is 0 Å². The van der Waals surface area contributed by atoms with Crippen LogP contribution >= 0.6 is 34.4 Å². The number of aromatic nitrogens is 3. The number of hydrogen-bond donors (Lipinski definition) is 1. The molecule has 8 heteroatoms. The average molecular weight is 435 g/mol. The minimum absolute atomic E-state index is 0.0230. The molecule has 0 aliphatic rings. The molecule has 1 amide bonds. The number of thiazole rings is 1. The Labute approximate surface area is 178 Å². The van der Waals surface area contributed by atoms with E-state index in [0.29, 0.717) is 10.9 Å². The second-order valence-electron chi connectivity index (χ2n) is 7.78. The van der Waals surface area contributed by atoms with E-state index in [1.165, 1.54) is 33.5 Å². The number of aryl methyl sites for hydroxylation is 3. The molecule has 0 saturated carbocycles. The highest BCUT2D eigenvalue weighted by Crippen LogP contribution is 2.35. The third kappa shape index (κ3) is 4.72. The lowest BCUT2D eigenvalue weighted by atomic mass is 9.93. The van der Waals surface area contributed by atoms with E-state index in [1.807, 2.05) is 5.38 Å². The fraction of sp³-hybridized carbons (Fsp3) is 0.500. The monoisotopic (exact) mass is 434 g/mol. The number of carbonyl (C=O) groups excluding carboxylic acids is 1. The zero-order chi connectivity index (χ0) is 20.5. The number of anilines is 1. The number of nitrogens with one attached hydrogen (secondary N) is 1. The van der Waals surface area contributed by atoms with E-state index in [-0.39, 0.29) is 11.3 Å². The first-order valence-electron chi connectivity index (χ1n) is 9.34. The molecule has 3 aromatic rings. The second kappa shape index (κ2) is 8.47. The first-order chi connectivity index (χ1) is 13.2. The summed E-state index contributed by atoms with van der Waals surface area (Å²) in [6.07, 6.45) is 1.85. The molecule has 0 spiro atoms. The molecule has 0 aliphatic carbocycles. The van der Waals surface area contributed by atoms with Gasteiger partial charge < -0.3 is 5.32 Å². The van der Waals surface area contributed by atoms with Gasteiger partial charge in [-0.3, -0.25) is 4.79 Å². The van der Waals surface area contributed by atoms with Crippen molar-refractivity contribution in [3.8, 4) is 0 Å². The molecule has 0 aliphatic heterocycles. The molecule has 0 fully saturated rings. The summed E-state index contributed by atoms with van der Waals surface area (Å²) in [5, 5.41) is 7.57. The minimum atomic E-state index is -0.0618. The van der Waals surface area contributed by atoms with E-state index in [2.05, 4.69) is 51.8 Å². The van der Waals surface area contributed by atoms with E-state index in [1.54, 1.807) is 11.3 Å². The molecule has 0 bridgehead atoms. The van der Waals surface area contributed by atoms with E-state index in [9.17, 15) is 4.79 Å². The lowest BCUT2D eigenvalue weighted by Crippen LogP contribution is -2.15. The van der Waals surface area contributed by atoms with E-state index >= 15 is 0 Å². The SMILES string of the molecule is CCCc1nc(SCC(=O)Nc2nc(C(C)(C)C)cs2)c2c(C)c(C)sc2n1. The van der Waals surface area contributed by atoms with Crippen LogP contribution in [0.4, 0.5) is 5.13 Å². The van der Waals surface area contributed by atoms with Crippen LogP contribution in [0.2, 0.25) is 0 Å². The van der Waals surface area contributed by atoms with Gasteiger partial charge in [-0.2, -0.15) is 0 Å². The zero-order valence-electron chi connectivity index (χ0n) is 17.2. The predicted molar refractivity (Wildman–Crippen MR) is 121 cm³/mol. The Balaban J connectivity index is 1.75. The summed E-state index contributed by atoms with van der Waals surface area (Å²) in [7, 11) is 0. The van der Waals surface area contributed by atoms with Gasteiger partial charge in [0.25, 0.3) is 0 Å². The summed E-state index contributed by atoms with van der Waals surface area (Å²) in [6.45, 7) is 12.7. The van der Waals surface area contributed by atoms with Gasteiger partial charge >= 0.3 is 0 Å². The maximum absolute atomic E-state index is 12.5. The number of thioether (sulfide) groups is 1. The number of thiophene rings is 1. The van der Waals surface area contributed by atoms with Crippen molar-refractivity contribution >= 4 is 55.7 Å². The van der Waals surface area contributed by atoms with Crippen molar-refractivity contribution in [1.29, 1.82) is 0 Å². The number of nitrogens with zero attached hydrogens (tertiary/aromatic N) is 3. The molecule has 0 radical (unpaired) electrons. The first-order valence-corrected chi connectivity index (χ1v) is 12.0. The number of rotatable bonds is 6. The summed E-state index contributed by atoms with van der Waals surface area (Å²) in [6, 6.07) is 0. The summed E-state index contributed by atoms with van der Waals surface area (Å²) in [5.41, 5.74) is 2.18. The normalized spacial score (nSPS) is 11.9. The molecule has 0 unspecified atom stereocenters. The van der Waals surface area contributed by atoms with Crippen LogP contribution in [0.3, 0.4) is 0 Å². The Morgan fingerprint density at radius 2 is 1.96 bits per heavy atom. The quantitative estimate of drug-likeness (QED) is 0.395. The van der Waals surface area contributed by atoms with Gasteiger partial charge in [-0.15, -0.1) is 22.7 Å². The van der Waals surface area contributed by atoms with Crippen molar-refractivity contribution in [3.05, 3.63) is 27.3 Å². The Hall–Kier alpha value is -1.51. The van der Waals surface area contributed by atoms with Crippen LogP contribution in [-0.2, 0) is 16.6 Å². The fourth-order valence-corrected chi connectivity index (χ4v) is 5.63. The van der Waals surface area contributed by atoms with E-state index < -0.39 is 0 Å². The Morgan fingerprint density at radius 3 is 2.61 bits per heavy atom. The summed E-state index contributed by atoms with van der Waals surface area (Å²) in [5.74, 6) is 1.10. The minimum Gasteiger partial charge on any atom is -0.301 e. The van der Waals surface area contributed by atoms with E-state index in [0.717, 1.165) is 39.6 Å². The van der Waals surface area contributed by atoms with Gasteiger partial charge in [0, 0.05) is 27.5 Å². The Kier molecular flexibility index (Phi) is 6.41. The van der Waals surface area contributed by atoms with Gasteiger partial charge in [0.05, 0.1) is 11.4 Å². The van der Waals surface area contributed by atoms with Crippen molar-refractivity contribution in [2.75, 3.05) is 11.1 Å². The Morgan fingerprint density at radius 1 is 1.21 bits per heavy atom. The highest BCUT2D eigenvalue weighted by molar-refractivity contribution is 8.00. The van der Waals surface area contributed by atoms with Crippen LogP contribution in [-0.4, -0.2) is 26.6 Å². The molecular weight excluding hydrogens is 408 g/mol. The molecule has 0 saturated heterocycles. The molecular formula is C20H26N4OS3. The highest BCUT2D eigenvalue weighted by Gasteiger charge is 2.19. The molecule has 150 valence electrons. The predicted octanol–water partition coefficient (Wildman–Crippen LogP) is 5.75. The van der Waals surface area contributed by atoms with Gasteiger partial charge in [-0.05, 0) is 25.8 Å². The maximum atomic E-state index is 12.5. The number of carbonyl (C=O) groups is 1. The largest absolute Gasteiger partial charge is 0.301 e. The highest BCUT2D eigenvalue weighted by atomic mass is 32.2. The lowest BCUT2D eigenvalue weighted by molar-refractivity contribution is -0.113. The van der Waals surface area contributed by atoms with Crippen LogP contribution in [0.5, 0.6) is 0 Å². The van der Waals surface area contributed by atoms with Gasteiger partial charge in [0.15, 0.2) is 5.13 Å². The topological polar surface area (TPSA) is 67.8 Å². The van der Waals surface area contributed by atoms with Gasteiger partial charge in [-0.25, -0.2) is 15.0 Å². The van der Waals surface area contributed by atoms with Crippen molar-refractivity contribution in [2.24, 2.45) is 0 Å². The summed E-state index contributed by atoms with van der Waals surface area (Å²) in [4.78, 5) is 28.7. The number of amides is 1. The Bertz CT molecular complexity index is 1000. The molecule has 3 heterocycles. The lowest BCUT2D eigenvalue weighted by Gasteiger charge is -2.14. The van der Waals surface area contributed by atoms with Gasteiger partial charge in [0.1, 0.15) is 15.7 Å². The smallest absolute Gasteiger partial charge is 0.236 e. The maximum Gasteiger partial charge on any atom is 0.236 e. The van der Waals surface area contributed by atoms with Crippen molar-refractivity contribution in [2.45, 2.75) is 64.8 Å². The van der Waals surface area contributed by atoms with Crippen molar-refractivity contribution < 1.29 is 4.79 Å². The number of hydrogen-bond acceptors (Lipinski definition) is 7. The van der Waals surface area contributed by atoms with Crippen LogP contribution in [0.25, 0.3) is 10.2 Å². The third-order valence-corrected chi connectivity index (χ3v) is 7.21. The summed E-state index contributed by atoms with van der Waals surface area (Å²) >= 11 is 4.65. The standard InChI is InChI=1S/C20H26N4OS3/c1-7-8-14-22-17(16-11(2)12(3)28-18(16)23-14)26-10-15(25)24-19-21-13(9-27-19)20(4,5)6/h9H,7-8,10H2,1-6H3,(H,21,24,25). The van der Waals surface area contributed by atoms with Crippen LogP contribution in [0.15, 0.2) is 10.4 Å². The van der Waals surface area contributed by atoms with E-state index in [4.69, 9.17) is 9.97 Å². The average Bonchev–Trinajstić information content (AvgIpc) is 3.18. The van der Waals surface area contributed by atoms with Crippen LogP contribution in [0.1, 0.15) is 56.1 Å². The molecule has 5 nitrogen and oxygen atoms in total.